The molecule has 1 atom stereocenters. The molecule has 0 aliphatic heterocycles. The van der Waals surface area contributed by atoms with Gasteiger partial charge in [0.15, 0.2) is 5.96 Å². The zero-order chi connectivity index (χ0) is 19.6. The number of rotatable bonds is 10. The largest absolute Gasteiger partial charge is 0.357 e. The Morgan fingerprint density at radius 1 is 1.15 bits per heavy atom. The minimum absolute atomic E-state index is 0.0612. The molecule has 0 heterocycles. The molecule has 0 fully saturated rings. The Kier molecular flexibility index (Phi) is 9.70. The summed E-state index contributed by atoms with van der Waals surface area (Å²) >= 11 is 0. The highest BCUT2D eigenvalue weighted by atomic mass is 32.2. The SMILES string of the molecule is CCNC(=NCCCc1ccc(C(C)C)cc1)NC(C)CCS(C)(=O)=O. The lowest BCUT2D eigenvalue weighted by Crippen LogP contribution is -2.42. The number of nitrogens with one attached hydrogen (secondary N) is 2. The van der Waals surface area contributed by atoms with Crippen molar-refractivity contribution < 1.29 is 8.42 Å². The molecule has 1 rings (SSSR count). The Morgan fingerprint density at radius 3 is 2.35 bits per heavy atom. The smallest absolute Gasteiger partial charge is 0.191 e. The number of aryl methyl sites for hydroxylation is 1. The van der Waals surface area contributed by atoms with Crippen LogP contribution in [0.15, 0.2) is 29.3 Å². The summed E-state index contributed by atoms with van der Waals surface area (Å²) in [5.74, 6) is 1.50. The van der Waals surface area contributed by atoms with E-state index in [2.05, 4.69) is 53.7 Å². The van der Waals surface area contributed by atoms with E-state index in [4.69, 9.17) is 0 Å². The first kappa shape index (κ1) is 22.5. The molecular formula is C20H35N3O2S. The van der Waals surface area contributed by atoms with Gasteiger partial charge in [-0.1, -0.05) is 38.1 Å². The quantitative estimate of drug-likeness (QED) is 0.371. The third-order valence-corrected chi connectivity index (χ3v) is 5.17. The molecule has 0 bridgehead atoms. The molecule has 148 valence electrons. The van der Waals surface area contributed by atoms with Gasteiger partial charge in [-0.15, -0.1) is 0 Å². The first-order valence-corrected chi connectivity index (χ1v) is 11.6. The molecule has 2 N–H and O–H groups in total. The second-order valence-electron chi connectivity index (χ2n) is 7.22. The second kappa shape index (κ2) is 11.2. The summed E-state index contributed by atoms with van der Waals surface area (Å²) in [6, 6.07) is 8.88. The van der Waals surface area contributed by atoms with Crippen LogP contribution in [0.4, 0.5) is 0 Å². The van der Waals surface area contributed by atoms with Crippen molar-refractivity contribution in [3.63, 3.8) is 0 Å². The van der Waals surface area contributed by atoms with E-state index in [0.717, 1.165) is 31.9 Å². The van der Waals surface area contributed by atoms with E-state index < -0.39 is 9.84 Å². The van der Waals surface area contributed by atoms with Crippen molar-refractivity contribution >= 4 is 15.8 Å². The van der Waals surface area contributed by atoms with Crippen LogP contribution in [0.2, 0.25) is 0 Å². The number of aliphatic imine (C=N–C) groups is 1. The maximum absolute atomic E-state index is 11.3. The predicted molar refractivity (Wildman–Crippen MR) is 112 cm³/mol. The second-order valence-corrected chi connectivity index (χ2v) is 9.48. The molecule has 0 aliphatic carbocycles. The van der Waals surface area contributed by atoms with Gasteiger partial charge in [-0.05, 0) is 50.2 Å². The Labute approximate surface area is 159 Å². The van der Waals surface area contributed by atoms with Crippen LogP contribution < -0.4 is 10.6 Å². The zero-order valence-electron chi connectivity index (χ0n) is 16.9. The van der Waals surface area contributed by atoms with Gasteiger partial charge in [-0.25, -0.2) is 8.42 Å². The molecule has 6 heteroatoms. The highest BCUT2D eigenvalue weighted by molar-refractivity contribution is 7.90. The van der Waals surface area contributed by atoms with E-state index in [1.165, 1.54) is 17.4 Å². The van der Waals surface area contributed by atoms with E-state index in [1.54, 1.807) is 0 Å². The Balaban J connectivity index is 2.45. The molecule has 0 aromatic heterocycles. The summed E-state index contributed by atoms with van der Waals surface area (Å²) in [6.07, 6.45) is 3.83. The maximum atomic E-state index is 11.3. The fraction of sp³-hybridized carbons (Fsp3) is 0.650. The molecule has 0 amide bonds. The number of sulfone groups is 1. The van der Waals surface area contributed by atoms with Crippen molar-refractivity contribution in [1.29, 1.82) is 0 Å². The summed E-state index contributed by atoms with van der Waals surface area (Å²) in [5.41, 5.74) is 2.71. The Morgan fingerprint density at radius 2 is 1.81 bits per heavy atom. The van der Waals surface area contributed by atoms with Crippen LogP contribution in [0.5, 0.6) is 0 Å². The maximum Gasteiger partial charge on any atom is 0.191 e. The van der Waals surface area contributed by atoms with Crippen molar-refractivity contribution in [3.05, 3.63) is 35.4 Å². The van der Waals surface area contributed by atoms with Crippen LogP contribution in [0, 0.1) is 0 Å². The lowest BCUT2D eigenvalue weighted by atomic mass is 10.0. The van der Waals surface area contributed by atoms with Crippen LogP contribution in [-0.4, -0.2) is 45.5 Å². The highest BCUT2D eigenvalue weighted by Gasteiger charge is 2.09. The molecular weight excluding hydrogens is 346 g/mol. The molecule has 0 saturated heterocycles. The molecule has 0 aliphatic rings. The van der Waals surface area contributed by atoms with Gasteiger partial charge < -0.3 is 10.6 Å². The van der Waals surface area contributed by atoms with Crippen LogP contribution >= 0.6 is 0 Å². The van der Waals surface area contributed by atoms with Gasteiger partial charge in [0.2, 0.25) is 0 Å². The van der Waals surface area contributed by atoms with E-state index >= 15 is 0 Å². The minimum atomic E-state index is -2.93. The Bertz CT molecular complexity index is 652. The number of benzene rings is 1. The average Bonchev–Trinajstić information content (AvgIpc) is 2.57. The van der Waals surface area contributed by atoms with E-state index in [9.17, 15) is 8.42 Å². The number of guanidine groups is 1. The van der Waals surface area contributed by atoms with Gasteiger partial charge >= 0.3 is 0 Å². The number of hydrogen-bond donors (Lipinski definition) is 2. The van der Waals surface area contributed by atoms with Crippen molar-refractivity contribution in [2.24, 2.45) is 4.99 Å². The molecule has 0 saturated carbocycles. The first-order valence-electron chi connectivity index (χ1n) is 9.52. The molecule has 0 spiro atoms. The monoisotopic (exact) mass is 381 g/mol. The summed E-state index contributed by atoms with van der Waals surface area (Å²) in [5, 5.41) is 6.50. The highest BCUT2D eigenvalue weighted by Crippen LogP contribution is 2.15. The molecule has 1 unspecified atom stereocenters. The summed E-state index contributed by atoms with van der Waals surface area (Å²) in [4.78, 5) is 4.60. The molecule has 5 nitrogen and oxygen atoms in total. The normalized spacial score (nSPS) is 13.7. The summed E-state index contributed by atoms with van der Waals surface area (Å²) in [7, 11) is -2.93. The van der Waals surface area contributed by atoms with Crippen LogP contribution in [0.25, 0.3) is 0 Å². The van der Waals surface area contributed by atoms with Gasteiger partial charge in [0, 0.05) is 25.4 Å². The fourth-order valence-corrected chi connectivity index (χ4v) is 3.34. The average molecular weight is 382 g/mol. The standard InChI is InChI=1S/C20H35N3O2S/c1-6-21-20(23-17(4)13-15-26(5,24)25)22-14-7-8-18-9-11-19(12-10-18)16(2)3/h9-12,16-17H,6-8,13-15H2,1-5H3,(H2,21,22,23). The fourth-order valence-electron chi connectivity index (χ4n) is 2.56. The minimum Gasteiger partial charge on any atom is -0.357 e. The third-order valence-electron chi connectivity index (χ3n) is 4.19. The van der Waals surface area contributed by atoms with Crippen LogP contribution in [0.1, 0.15) is 57.6 Å². The lowest BCUT2D eigenvalue weighted by molar-refractivity contribution is 0.581. The molecule has 26 heavy (non-hydrogen) atoms. The molecule has 1 aromatic carbocycles. The van der Waals surface area contributed by atoms with Gasteiger partial charge in [0.25, 0.3) is 0 Å². The predicted octanol–water partition coefficient (Wildman–Crippen LogP) is 3.12. The van der Waals surface area contributed by atoms with E-state index in [1.807, 2.05) is 13.8 Å². The van der Waals surface area contributed by atoms with Crippen LogP contribution in [-0.2, 0) is 16.3 Å². The van der Waals surface area contributed by atoms with Gasteiger partial charge in [0.05, 0.1) is 5.75 Å². The lowest BCUT2D eigenvalue weighted by Gasteiger charge is -2.17. The van der Waals surface area contributed by atoms with Crippen LogP contribution in [0.3, 0.4) is 0 Å². The molecule has 0 radical (unpaired) electrons. The molecule has 1 aromatic rings. The number of nitrogens with zero attached hydrogens (tertiary/aromatic N) is 1. The number of hydrogen-bond acceptors (Lipinski definition) is 3. The topological polar surface area (TPSA) is 70.6 Å². The van der Waals surface area contributed by atoms with Crippen molar-refractivity contribution in [1.82, 2.24) is 10.6 Å². The van der Waals surface area contributed by atoms with Gasteiger partial charge in [0.1, 0.15) is 9.84 Å². The third kappa shape index (κ3) is 9.80. The zero-order valence-corrected chi connectivity index (χ0v) is 17.7. The van der Waals surface area contributed by atoms with E-state index in [0.29, 0.717) is 12.3 Å². The Hall–Kier alpha value is -1.56. The van der Waals surface area contributed by atoms with Crippen molar-refractivity contribution in [2.75, 3.05) is 25.1 Å². The van der Waals surface area contributed by atoms with E-state index in [-0.39, 0.29) is 11.8 Å². The van der Waals surface area contributed by atoms with Crippen molar-refractivity contribution in [2.45, 2.75) is 58.9 Å². The van der Waals surface area contributed by atoms with Crippen molar-refractivity contribution in [3.8, 4) is 0 Å². The summed E-state index contributed by atoms with van der Waals surface area (Å²) < 4.78 is 22.6. The van der Waals surface area contributed by atoms with Gasteiger partial charge in [-0.2, -0.15) is 0 Å². The summed E-state index contributed by atoms with van der Waals surface area (Å²) in [6.45, 7) is 9.93. The van der Waals surface area contributed by atoms with Gasteiger partial charge in [-0.3, -0.25) is 4.99 Å². The first-order chi connectivity index (χ1) is 12.2.